The second kappa shape index (κ2) is 8.10. The lowest BCUT2D eigenvalue weighted by molar-refractivity contribution is 0.0931. The van der Waals surface area contributed by atoms with Crippen LogP contribution < -0.4 is 16.6 Å². The molecule has 7 nitrogen and oxygen atoms in total. The molecule has 4 aromatic rings. The van der Waals surface area contributed by atoms with Crippen molar-refractivity contribution in [1.82, 2.24) is 19.0 Å². The maximum atomic E-state index is 13.3. The standard InChI is InChI=1S/C24H24N4O3/c1-16(18-12-8-5-9-13-18)25-21(29)20-14-19-22(26(2)24(31)27(3)23(19)30)28(20)15-17-10-6-4-7-11-17/h4-14,16H,15H2,1-3H3,(H,25,29). The maximum absolute atomic E-state index is 13.3. The number of amides is 1. The second-order valence-electron chi connectivity index (χ2n) is 7.65. The van der Waals surface area contributed by atoms with Crippen molar-refractivity contribution in [2.75, 3.05) is 0 Å². The Balaban J connectivity index is 1.85. The van der Waals surface area contributed by atoms with Gasteiger partial charge in [-0.3, -0.25) is 18.7 Å². The van der Waals surface area contributed by atoms with Crippen molar-refractivity contribution in [2.24, 2.45) is 14.1 Å². The molecule has 2 heterocycles. The predicted molar refractivity (Wildman–Crippen MR) is 120 cm³/mol. The lowest BCUT2D eigenvalue weighted by Gasteiger charge is -2.16. The molecule has 0 aliphatic heterocycles. The van der Waals surface area contributed by atoms with Crippen LogP contribution in [0.5, 0.6) is 0 Å². The van der Waals surface area contributed by atoms with Crippen molar-refractivity contribution >= 4 is 16.9 Å². The van der Waals surface area contributed by atoms with E-state index in [9.17, 15) is 14.4 Å². The lowest BCUT2D eigenvalue weighted by Crippen LogP contribution is -2.37. The summed E-state index contributed by atoms with van der Waals surface area (Å²) in [6, 6.07) is 20.6. The molecule has 0 saturated carbocycles. The maximum Gasteiger partial charge on any atom is 0.332 e. The first kappa shape index (κ1) is 20.4. The van der Waals surface area contributed by atoms with Gasteiger partial charge < -0.3 is 9.88 Å². The number of nitrogens with one attached hydrogen (secondary N) is 1. The van der Waals surface area contributed by atoms with Crippen molar-refractivity contribution in [3.63, 3.8) is 0 Å². The van der Waals surface area contributed by atoms with Gasteiger partial charge in [-0.05, 0) is 24.1 Å². The number of hydrogen-bond donors (Lipinski definition) is 1. The van der Waals surface area contributed by atoms with Gasteiger partial charge in [0.2, 0.25) is 0 Å². The highest BCUT2D eigenvalue weighted by Gasteiger charge is 2.22. The van der Waals surface area contributed by atoms with Crippen LogP contribution in [0.25, 0.3) is 11.0 Å². The first-order valence-electron chi connectivity index (χ1n) is 10.1. The third kappa shape index (κ3) is 3.70. The number of nitrogens with zero attached hydrogens (tertiary/aromatic N) is 3. The van der Waals surface area contributed by atoms with Gasteiger partial charge >= 0.3 is 5.69 Å². The predicted octanol–water partition coefficient (Wildman–Crippen LogP) is 2.58. The van der Waals surface area contributed by atoms with E-state index in [4.69, 9.17) is 0 Å². The van der Waals surface area contributed by atoms with Gasteiger partial charge in [-0.15, -0.1) is 0 Å². The van der Waals surface area contributed by atoms with Crippen LogP contribution in [0.15, 0.2) is 76.3 Å². The summed E-state index contributed by atoms with van der Waals surface area (Å²) in [6.45, 7) is 2.26. The Bertz CT molecular complexity index is 1370. The van der Waals surface area contributed by atoms with Crippen molar-refractivity contribution in [2.45, 2.75) is 19.5 Å². The van der Waals surface area contributed by atoms with Gasteiger partial charge in [0.1, 0.15) is 11.3 Å². The Kier molecular flexibility index (Phi) is 5.33. The first-order valence-corrected chi connectivity index (χ1v) is 10.1. The minimum Gasteiger partial charge on any atom is -0.344 e. The SMILES string of the molecule is CC(NC(=O)c1cc2c(=O)n(C)c(=O)n(C)c2n1Cc1ccccc1)c1ccccc1. The van der Waals surface area contributed by atoms with Gasteiger partial charge in [0.15, 0.2) is 0 Å². The average molecular weight is 416 g/mol. The number of rotatable bonds is 5. The van der Waals surface area contributed by atoms with Crippen LogP contribution in [-0.2, 0) is 20.6 Å². The summed E-state index contributed by atoms with van der Waals surface area (Å²) in [7, 11) is 3.05. The minimum atomic E-state index is -0.436. The first-order chi connectivity index (χ1) is 14.9. The van der Waals surface area contributed by atoms with E-state index < -0.39 is 11.2 Å². The zero-order valence-electron chi connectivity index (χ0n) is 17.7. The highest BCUT2D eigenvalue weighted by Crippen LogP contribution is 2.20. The van der Waals surface area contributed by atoms with Crippen LogP contribution in [0, 0.1) is 0 Å². The van der Waals surface area contributed by atoms with E-state index in [2.05, 4.69) is 5.32 Å². The zero-order chi connectivity index (χ0) is 22.1. The van der Waals surface area contributed by atoms with Crippen LogP contribution >= 0.6 is 0 Å². The van der Waals surface area contributed by atoms with Crippen LogP contribution in [-0.4, -0.2) is 19.6 Å². The minimum absolute atomic E-state index is 0.219. The van der Waals surface area contributed by atoms with Crippen molar-refractivity contribution in [1.29, 1.82) is 0 Å². The molecular formula is C24H24N4O3. The molecule has 1 N–H and O–H groups in total. The Morgan fingerprint density at radius 2 is 1.55 bits per heavy atom. The molecule has 1 amide bonds. The molecule has 0 aliphatic rings. The van der Waals surface area contributed by atoms with E-state index in [0.717, 1.165) is 15.7 Å². The number of benzene rings is 2. The van der Waals surface area contributed by atoms with E-state index in [1.54, 1.807) is 17.7 Å². The van der Waals surface area contributed by atoms with E-state index in [0.29, 0.717) is 23.3 Å². The van der Waals surface area contributed by atoms with Crippen molar-refractivity contribution in [3.8, 4) is 0 Å². The Hall–Kier alpha value is -3.87. The Morgan fingerprint density at radius 3 is 2.19 bits per heavy atom. The fraction of sp³-hybridized carbons (Fsp3) is 0.208. The molecule has 2 aromatic carbocycles. The highest BCUT2D eigenvalue weighted by atomic mass is 16.2. The number of carbonyl (C=O) groups is 1. The summed E-state index contributed by atoms with van der Waals surface area (Å²) in [5.41, 5.74) is 1.84. The fourth-order valence-electron chi connectivity index (χ4n) is 3.85. The van der Waals surface area contributed by atoms with Crippen LogP contribution in [0.2, 0.25) is 0 Å². The summed E-state index contributed by atoms with van der Waals surface area (Å²) in [5.74, 6) is -0.307. The zero-order valence-corrected chi connectivity index (χ0v) is 17.7. The largest absolute Gasteiger partial charge is 0.344 e. The van der Waals surface area contributed by atoms with Gasteiger partial charge in [0.25, 0.3) is 11.5 Å². The van der Waals surface area contributed by atoms with E-state index in [-0.39, 0.29) is 11.9 Å². The van der Waals surface area contributed by atoms with Crippen molar-refractivity contribution in [3.05, 3.63) is 104 Å². The molecule has 2 aromatic heterocycles. The van der Waals surface area contributed by atoms with Crippen molar-refractivity contribution < 1.29 is 4.79 Å². The topological polar surface area (TPSA) is 78.0 Å². The van der Waals surface area contributed by atoms with E-state index in [1.807, 2.05) is 67.6 Å². The Morgan fingerprint density at radius 1 is 0.935 bits per heavy atom. The average Bonchev–Trinajstić information content (AvgIpc) is 3.17. The number of fused-ring (bicyclic) bond motifs is 1. The molecule has 0 saturated heterocycles. The third-order valence-corrected chi connectivity index (χ3v) is 5.56. The molecule has 1 unspecified atom stereocenters. The van der Waals surface area contributed by atoms with Crippen LogP contribution in [0.4, 0.5) is 0 Å². The number of aromatic nitrogens is 3. The van der Waals surface area contributed by atoms with Crippen LogP contribution in [0.1, 0.15) is 34.6 Å². The quantitative estimate of drug-likeness (QED) is 0.543. The summed E-state index contributed by atoms with van der Waals surface area (Å²) < 4.78 is 4.21. The normalized spacial score (nSPS) is 12.1. The molecular weight excluding hydrogens is 392 g/mol. The third-order valence-electron chi connectivity index (χ3n) is 5.56. The lowest BCUT2D eigenvalue weighted by atomic mass is 10.1. The summed E-state index contributed by atoms with van der Waals surface area (Å²) in [4.78, 5) is 38.6. The molecule has 4 rings (SSSR count). The summed E-state index contributed by atoms with van der Waals surface area (Å²) >= 11 is 0. The molecule has 0 bridgehead atoms. The molecule has 0 radical (unpaired) electrons. The van der Waals surface area contributed by atoms with E-state index in [1.165, 1.54) is 11.6 Å². The molecule has 158 valence electrons. The molecule has 31 heavy (non-hydrogen) atoms. The number of aryl methyl sites for hydroxylation is 1. The summed E-state index contributed by atoms with van der Waals surface area (Å²) in [5, 5.41) is 3.34. The van der Waals surface area contributed by atoms with E-state index >= 15 is 0 Å². The van der Waals surface area contributed by atoms with Gasteiger partial charge in [-0.25, -0.2) is 4.79 Å². The molecule has 7 heteroatoms. The van der Waals surface area contributed by atoms with Gasteiger partial charge in [0, 0.05) is 20.6 Å². The molecule has 0 aliphatic carbocycles. The number of hydrogen-bond acceptors (Lipinski definition) is 3. The van der Waals surface area contributed by atoms with Gasteiger partial charge in [-0.1, -0.05) is 60.7 Å². The van der Waals surface area contributed by atoms with Crippen LogP contribution in [0.3, 0.4) is 0 Å². The molecule has 0 spiro atoms. The summed E-state index contributed by atoms with van der Waals surface area (Å²) in [6.07, 6.45) is 0. The monoisotopic (exact) mass is 416 g/mol. The number of carbonyl (C=O) groups excluding carboxylic acids is 1. The second-order valence-corrected chi connectivity index (χ2v) is 7.65. The van der Waals surface area contributed by atoms with Gasteiger partial charge in [-0.2, -0.15) is 0 Å². The van der Waals surface area contributed by atoms with Gasteiger partial charge in [0.05, 0.1) is 11.4 Å². The molecule has 0 fully saturated rings. The smallest absolute Gasteiger partial charge is 0.332 e. The Labute approximate surface area is 179 Å². The molecule has 1 atom stereocenters. The highest BCUT2D eigenvalue weighted by molar-refractivity contribution is 5.98. The fourth-order valence-corrected chi connectivity index (χ4v) is 3.85.